The second kappa shape index (κ2) is 64.5. The molecular weight excluding hydrogens is 1040 g/mol. The summed E-state index contributed by atoms with van der Waals surface area (Å²) in [5.41, 5.74) is 0. The summed E-state index contributed by atoms with van der Waals surface area (Å²) in [4.78, 5) is 35.9. The predicted octanol–water partition coefficient (Wildman–Crippen LogP) is 23.7. The van der Waals surface area contributed by atoms with Gasteiger partial charge in [0.1, 0.15) is 19.8 Å². The molecule has 0 heterocycles. The molecule has 1 N–H and O–H groups in total. The molecule has 0 fully saturated rings. The summed E-state index contributed by atoms with van der Waals surface area (Å²) in [6.07, 6.45) is 78.0. The fraction of sp³-hybridized carbons (Fsp3) is 0.972. The Bertz CT molecular complexity index is 1340. The molecule has 82 heavy (non-hydrogen) atoms. The van der Waals surface area contributed by atoms with E-state index in [0.717, 1.165) is 38.5 Å². The average Bonchev–Trinajstić information content (AvgIpc) is 3.44. The number of hydrogen-bond donors (Lipinski definition) is 1. The van der Waals surface area contributed by atoms with Crippen molar-refractivity contribution in [1.82, 2.24) is 0 Å². The zero-order valence-corrected chi connectivity index (χ0v) is 56.9. The molecule has 0 spiro atoms. The highest BCUT2D eigenvalue weighted by atomic mass is 31.2. The van der Waals surface area contributed by atoms with Crippen LogP contribution in [0.25, 0.3) is 0 Å². The average molecular weight is 1180 g/mol. The second-order valence-electron chi connectivity index (χ2n) is 26.7. The first kappa shape index (κ1) is 81.0. The maximum absolute atomic E-state index is 12.9. The molecule has 0 bridgehead atoms. The first-order valence-corrected chi connectivity index (χ1v) is 38.3. The van der Waals surface area contributed by atoms with Crippen LogP contribution in [-0.2, 0) is 32.7 Å². The van der Waals surface area contributed by atoms with Gasteiger partial charge in [-0.25, -0.2) is 4.57 Å². The van der Waals surface area contributed by atoms with E-state index in [1.54, 1.807) is 0 Å². The van der Waals surface area contributed by atoms with Crippen molar-refractivity contribution in [3.63, 3.8) is 0 Å². The topological polar surface area (TPSA) is 108 Å². The standard InChI is InChI=1S/C72H144NO8P/c1-6-8-10-12-14-16-18-20-22-24-26-28-30-32-34-36-38-40-42-44-46-48-50-52-54-56-58-60-62-64-71(74)78-68-70(69-80-82(76,77)79-67-66-73(3,4)5)81-72(75)65-63-61-59-57-55-53-51-49-47-45-43-41-39-37-35-33-31-29-27-25-23-21-19-17-15-13-11-9-7-2/h70H,6-69H2,1-5H3/p+1. The summed E-state index contributed by atoms with van der Waals surface area (Å²) in [5.74, 6) is -0.766. The predicted molar refractivity (Wildman–Crippen MR) is 354 cm³/mol. The number of hydrogen-bond acceptors (Lipinski definition) is 7. The van der Waals surface area contributed by atoms with Crippen molar-refractivity contribution < 1.29 is 42.1 Å². The third-order valence-electron chi connectivity index (χ3n) is 17.1. The van der Waals surface area contributed by atoms with Gasteiger partial charge in [0.05, 0.1) is 27.7 Å². The number of nitrogens with zero attached hydrogens (tertiary/aromatic N) is 1. The highest BCUT2D eigenvalue weighted by molar-refractivity contribution is 7.47. The molecule has 0 aliphatic heterocycles. The number of quaternary nitrogens is 1. The molecule has 0 saturated heterocycles. The number of esters is 2. The first-order chi connectivity index (χ1) is 40.0. The number of ether oxygens (including phenoxy) is 2. The minimum atomic E-state index is -4.39. The van der Waals surface area contributed by atoms with Gasteiger partial charge in [0.2, 0.25) is 0 Å². The smallest absolute Gasteiger partial charge is 0.462 e. The molecular formula is C72H145NO8P+. The van der Waals surface area contributed by atoms with Crippen LogP contribution in [0.4, 0.5) is 0 Å². The van der Waals surface area contributed by atoms with Crippen LogP contribution in [0.3, 0.4) is 0 Å². The van der Waals surface area contributed by atoms with Crippen molar-refractivity contribution in [3.05, 3.63) is 0 Å². The van der Waals surface area contributed by atoms with Crippen LogP contribution in [0, 0.1) is 0 Å². The Labute approximate surface area is 512 Å². The fourth-order valence-corrected chi connectivity index (χ4v) is 12.2. The molecule has 0 aromatic rings. The number of unbranched alkanes of at least 4 members (excludes halogenated alkanes) is 56. The van der Waals surface area contributed by atoms with E-state index in [4.69, 9.17) is 18.5 Å². The van der Waals surface area contributed by atoms with E-state index < -0.39 is 26.5 Å². The van der Waals surface area contributed by atoms with Gasteiger partial charge in [0.25, 0.3) is 0 Å². The third-order valence-corrected chi connectivity index (χ3v) is 18.1. The van der Waals surface area contributed by atoms with Crippen LogP contribution >= 0.6 is 7.82 Å². The van der Waals surface area contributed by atoms with Crippen LogP contribution < -0.4 is 0 Å². The summed E-state index contributed by atoms with van der Waals surface area (Å²) < 4.78 is 34.8. The highest BCUT2D eigenvalue weighted by Gasteiger charge is 2.27. The Morgan fingerprint density at radius 3 is 0.780 bits per heavy atom. The molecule has 0 aromatic heterocycles. The van der Waals surface area contributed by atoms with E-state index in [0.29, 0.717) is 17.4 Å². The first-order valence-electron chi connectivity index (χ1n) is 36.8. The lowest BCUT2D eigenvalue weighted by Gasteiger charge is -2.24. The Morgan fingerprint density at radius 1 is 0.329 bits per heavy atom. The number of likely N-dealkylation sites (N-methyl/N-ethyl adjacent to an activating group) is 1. The molecule has 0 radical (unpaired) electrons. The van der Waals surface area contributed by atoms with E-state index >= 15 is 0 Å². The molecule has 0 rings (SSSR count). The van der Waals surface area contributed by atoms with Crippen molar-refractivity contribution in [2.24, 2.45) is 0 Å². The van der Waals surface area contributed by atoms with Crippen molar-refractivity contribution in [2.75, 3.05) is 47.5 Å². The van der Waals surface area contributed by atoms with E-state index in [-0.39, 0.29) is 25.6 Å². The van der Waals surface area contributed by atoms with Crippen LogP contribution in [0.1, 0.15) is 399 Å². The van der Waals surface area contributed by atoms with Crippen molar-refractivity contribution in [1.29, 1.82) is 0 Å². The zero-order chi connectivity index (χ0) is 59.8. The van der Waals surface area contributed by atoms with Gasteiger partial charge >= 0.3 is 19.8 Å². The number of phosphoric acid groups is 1. The van der Waals surface area contributed by atoms with Gasteiger partial charge in [-0.1, -0.05) is 373 Å². The molecule has 2 atom stereocenters. The lowest BCUT2D eigenvalue weighted by atomic mass is 10.0. The monoisotopic (exact) mass is 1180 g/mol. The largest absolute Gasteiger partial charge is 0.472 e. The summed E-state index contributed by atoms with van der Waals surface area (Å²) in [5, 5.41) is 0. The maximum Gasteiger partial charge on any atom is 0.472 e. The number of carbonyl (C=O) groups is 2. The molecule has 10 heteroatoms. The summed E-state index contributed by atoms with van der Waals surface area (Å²) in [6.45, 7) is 4.54. The van der Waals surface area contributed by atoms with Gasteiger partial charge in [0.15, 0.2) is 6.10 Å². The summed E-state index contributed by atoms with van der Waals surface area (Å²) in [7, 11) is 1.51. The van der Waals surface area contributed by atoms with Gasteiger partial charge in [-0.05, 0) is 12.8 Å². The van der Waals surface area contributed by atoms with Crippen LogP contribution in [0.15, 0.2) is 0 Å². The van der Waals surface area contributed by atoms with Gasteiger partial charge in [-0.15, -0.1) is 0 Å². The molecule has 490 valence electrons. The van der Waals surface area contributed by atoms with Gasteiger partial charge in [-0.2, -0.15) is 0 Å². The normalized spacial score (nSPS) is 13.0. The van der Waals surface area contributed by atoms with E-state index in [1.165, 1.54) is 334 Å². The van der Waals surface area contributed by atoms with E-state index in [9.17, 15) is 19.0 Å². The Morgan fingerprint density at radius 2 is 0.549 bits per heavy atom. The summed E-state index contributed by atoms with van der Waals surface area (Å²) >= 11 is 0. The molecule has 0 saturated carbocycles. The molecule has 0 aliphatic carbocycles. The second-order valence-corrected chi connectivity index (χ2v) is 28.2. The zero-order valence-electron chi connectivity index (χ0n) is 56.0. The van der Waals surface area contributed by atoms with Gasteiger partial charge in [0, 0.05) is 12.8 Å². The Hall–Kier alpha value is -0.990. The van der Waals surface area contributed by atoms with Crippen LogP contribution in [-0.4, -0.2) is 74.9 Å². The highest BCUT2D eigenvalue weighted by Crippen LogP contribution is 2.43. The minimum Gasteiger partial charge on any atom is -0.462 e. The third kappa shape index (κ3) is 68.1. The maximum atomic E-state index is 12.9. The molecule has 2 unspecified atom stereocenters. The molecule has 9 nitrogen and oxygen atoms in total. The molecule has 0 aromatic carbocycles. The Balaban J connectivity index is 3.94. The lowest BCUT2D eigenvalue weighted by molar-refractivity contribution is -0.870. The Kier molecular flexibility index (Phi) is 63.7. The van der Waals surface area contributed by atoms with Crippen LogP contribution in [0.2, 0.25) is 0 Å². The number of carbonyl (C=O) groups excluding carboxylic acids is 2. The fourth-order valence-electron chi connectivity index (χ4n) is 11.5. The van der Waals surface area contributed by atoms with E-state index in [2.05, 4.69) is 13.8 Å². The van der Waals surface area contributed by atoms with Crippen molar-refractivity contribution >= 4 is 19.8 Å². The van der Waals surface area contributed by atoms with Crippen molar-refractivity contribution in [3.8, 4) is 0 Å². The van der Waals surface area contributed by atoms with Gasteiger partial charge < -0.3 is 18.9 Å². The lowest BCUT2D eigenvalue weighted by Crippen LogP contribution is -2.37. The minimum absolute atomic E-state index is 0.0378. The SMILES string of the molecule is CCCCCCCCCCCCCCCCCCCCCCCCCCCCCCCC(=O)OCC(COP(=O)(O)OCC[N+](C)(C)C)OC(=O)CCCCCCCCCCCCCCCCCCCCCCCCCCCCCCC. The number of phosphoric ester groups is 1. The van der Waals surface area contributed by atoms with Gasteiger partial charge in [-0.3, -0.25) is 18.6 Å². The molecule has 0 amide bonds. The van der Waals surface area contributed by atoms with Crippen LogP contribution in [0.5, 0.6) is 0 Å². The quantitative estimate of drug-likeness (QED) is 0.0278. The van der Waals surface area contributed by atoms with E-state index in [1.807, 2.05) is 21.1 Å². The number of rotatable bonds is 70. The summed E-state index contributed by atoms with van der Waals surface area (Å²) in [6, 6.07) is 0. The molecule has 0 aliphatic rings. The van der Waals surface area contributed by atoms with Crippen molar-refractivity contribution in [2.45, 2.75) is 405 Å².